The maximum atomic E-state index is 12.7. The number of halogens is 3. The molecule has 0 bridgehead atoms. The normalized spacial score (nSPS) is 11.2. The topological polar surface area (TPSA) is 64.7 Å². The quantitative estimate of drug-likeness (QED) is 0.883. The average molecular weight is 332 g/mol. The van der Waals surface area contributed by atoms with Crippen LogP contribution in [0.4, 0.5) is 8.78 Å². The lowest BCUT2D eigenvalue weighted by atomic mass is 10.3. The number of rotatable bonds is 6. The minimum atomic E-state index is -2.77. The first-order valence-corrected chi connectivity index (χ1v) is 7.09. The molecule has 0 fully saturated rings. The second-order valence-corrected chi connectivity index (χ2v) is 5.10. The number of alkyl halides is 2. The first-order valence-electron chi connectivity index (χ1n) is 6.71. The van der Waals surface area contributed by atoms with Gasteiger partial charge in [-0.3, -0.25) is 14.2 Å². The maximum absolute atomic E-state index is 12.7. The van der Waals surface area contributed by atoms with E-state index in [1.54, 1.807) is 17.8 Å². The number of amides is 1. The Labute approximate surface area is 131 Å². The largest absolute Gasteiger partial charge is 0.350 e. The van der Waals surface area contributed by atoms with Crippen LogP contribution in [0.15, 0.2) is 12.4 Å². The third-order valence-electron chi connectivity index (χ3n) is 3.16. The van der Waals surface area contributed by atoms with E-state index in [-0.39, 0.29) is 17.5 Å². The van der Waals surface area contributed by atoms with Crippen LogP contribution in [0, 0.1) is 6.92 Å². The van der Waals surface area contributed by atoms with Crippen molar-refractivity contribution in [2.45, 2.75) is 39.9 Å². The van der Waals surface area contributed by atoms with Gasteiger partial charge in [0.15, 0.2) is 0 Å². The van der Waals surface area contributed by atoms with Gasteiger partial charge in [-0.15, -0.1) is 0 Å². The lowest BCUT2D eigenvalue weighted by Crippen LogP contribution is -2.27. The molecule has 0 aromatic carbocycles. The fourth-order valence-corrected chi connectivity index (χ4v) is 2.12. The van der Waals surface area contributed by atoms with Crippen molar-refractivity contribution >= 4 is 17.5 Å². The van der Waals surface area contributed by atoms with Crippen LogP contribution in [-0.4, -0.2) is 25.5 Å². The van der Waals surface area contributed by atoms with E-state index < -0.39 is 12.1 Å². The van der Waals surface area contributed by atoms with E-state index in [4.69, 9.17) is 11.6 Å². The zero-order valence-electron chi connectivity index (χ0n) is 12.2. The molecule has 0 saturated heterocycles. The highest BCUT2D eigenvalue weighted by Crippen LogP contribution is 2.28. The fourth-order valence-electron chi connectivity index (χ4n) is 1.90. The van der Waals surface area contributed by atoms with Crippen molar-refractivity contribution in [2.24, 2.45) is 0 Å². The highest BCUT2D eigenvalue weighted by atomic mass is 35.5. The lowest BCUT2D eigenvalue weighted by molar-refractivity contribution is -0.122. The molecule has 0 atom stereocenters. The van der Waals surface area contributed by atoms with E-state index in [9.17, 15) is 13.6 Å². The first kappa shape index (κ1) is 16.4. The van der Waals surface area contributed by atoms with Crippen LogP contribution in [0.2, 0.25) is 5.02 Å². The summed E-state index contributed by atoms with van der Waals surface area (Å²) in [5, 5.41) is 10.4. The number of carbonyl (C=O) groups excluding carboxylic acids is 1. The van der Waals surface area contributed by atoms with Crippen LogP contribution in [0.5, 0.6) is 0 Å². The molecule has 2 rings (SSSR count). The number of nitrogens with zero attached hydrogens (tertiary/aromatic N) is 4. The van der Waals surface area contributed by atoms with Gasteiger partial charge in [-0.1, -0.05) is 11.6 Å². The summed E-state index contributed by atoms with van der Waals surface area (Å²) >= 11 is 5.78. The highest BCUT2D eigenvalue weighted by Gasteiger charge is 2.21. The van der Waals surface area contributed by atoms with Gasteiger partial charge in [0.25, 0.3) is 6.43 Å². The molecule has 0 aliphatic carbocycles. The van der Waals surface area contributed by atoms with Crippen LogP contribution in [0.25, 0.3) is 0 Å². The summed E-state index contributed by atoms with van der Waals surface area (Å²) in [6.45, 7) is 4.39. The summed E-state index contributed by atoms with van der Waals surface area (Å²) in [6, 6.07) is 0. The molecule has 2 aromatic heterocycles. The molecule has 0 radical (unpaired) electrons. The van der Waals surface area contributed by atoms with E-state index in [1.165, 1.54) is 4.68 Å². The van der Waals surface area contributed by atoms with Gasteiger partial charge in [0.1, 0.15) is 12.2 Å². The second kappa shape index (κ2) is 6.87. The number of carbonyl (C=O) groups is 1. The smallest absolute Gasteiger partial charge is 0.283 e. The summed E-state index contributed by atoms with van der Waals surface area (Å²) in [5.41, 5.74) is 0.695. The van der Waals surface area contributed by atoms with Crippen LogP contribution in [-0.2, 0) is 24.4 Å². The first-order chi connectivity index (χ1) is 10.4. The molecule has 6 nitrogen and oxygen atoms in total. The summed E-state index contributed by atoms with van der Waals surface area (Å²) in [7, 11) is 0. The second-order valence-electron chi connectivity index (χ2n) is 4.72. The van der Waals surface area contributed by atoms with E-state index in [0.717, 1.165) is 12.1 Å². The molecule has 0 aliphatic rings. The van der Waals surface area contributed by atoms with Crippen molar-refractivity contribution in [3.8, 4) is 0 Å². The molecule has 9 heteroatoms. The van der Waals surface area contributed by atoms with Gasteiger partial charge < -0.3 is 5.32 Å². The molecule has 0 saturated carbocycles. The Bertz CT molecular complexity index is 667. The van der Waals surface area contributed by atoms with E-state index in [2.05, 4.69) is 15.5 Å². The van der Waals surface area contributed by atoms with Crippen molar-refractivity contribution in [1.29, 1.82) is 0 Å². The number of aromatic nitrogens is 4. The standard InChI is InChI=1S/C13H16ClF2N5O/c1-3-20-6-9(5-18-20)4-17-10(22)7-21-8(2)11(14)12(19-21)13(15)16/h5-6,13H,3-4,7H2,1-2H3,(H,17,22). The Morgan fingerprint density at radius 1 is 1.50 bits per heavy atom. The average Bonchev–Trinajstić information content (AvgIpc) is 3.05. The lowest BCUT2D eigenvalue weighted by Gasteiger charge is -2.05. The Balaban J connectivity index is 1.96. The monoisotopic (exact) mass is 331 g/mol. The Kier molecular flexibility index (Phi) is 5.12. The van der Waals surface area contributed by atoms with E-state index in [0.29, 0.717) is 12.2 Å². The van der Waals surface area contributed by atoms with Gasteiger partial charge in [0.05, 0.1) is 16.9 Å². The minimum Gasteiger partial charge on any atom is -0.350 e. The summed E-state index contributed by atoms with van der Waals surface area (Å²) < 4.78 is 28.3. The molecule has 120 valence electrons. The molecular formula is C13H16ClF2N5O. The van der Waals surface area contributed by atoms with Crippen LogP contribution in [0.1, 0.15) is 30.3 Å². The van der Waals surface area contributed by atoms with Crippen molar-refractivity contribution in [3.63, 3.8) is 0 Å². The van der Waals surface area contributed by atoms with Gasteiger partial charge >= 0.3 is 0 Å². The molecule has 0 spiro atoms. The van der Waals surface area contributed by atoms with Crippen LogP contribution in [0.3, 0.4) is 0 Å². The van der Waals surface area contributed by atoms with Crippen molar-refractivity contribution in [3.05, 3.63) is 34.4 Å². The molecule has 2 aromatic rings. The third-order valence-corrected chi connectivity index (χ3v) is 3.63. The molecule has 0 unspecified atom stereocenters. The van der Waals surface area contributed by atoms with Crippen molar-refractivity contribution in [2.75, 3.05) is 0 Å². The van der Waals surface area contributed by atoms with Crippen LogP contribution >= 0.6 is 11.6 Å². The number of hydrogen-bond donors (Lipinski definition) is 1. The van der Waals surface area contributed by atoms with E-state index >= 15 is 0 Å². The molecular weight excluding hydrogens is 316 g/mol. The maximum Gasteiger partial charge on any atom is 0.283 e. The molecule has 0 aliphatic heterocycles. The van der Waals surface area contributed by atoms with Gasteiger partial charge in [-0.05, 0) is 13.8 Å². The van der Waals surface area contributed by atoms with Crippen molar-refractivity contribution in [1.82, 2.24) is 24.9 Å². The number of nitrogens with one attached hydrogen (secondary N) is 1. The van der Waals surface area contributed by atoms with Crippen molar-refractivity contribution < 1.29 is 13.6 Å². The molecule has 1 amide bonds. The molecule has 1 N–H and O–H groups in total. The number of hydrogen-bond acceptors (Lipinski definition) is 3. The summed E-state index contributed by atoms with van der Waals surface area (Å²) in [6.07, 6.45) is 0.718. The Morgan fingerprint density at radius 3 is 2.77 bits per heavy atom. The van der Waals surface area contributed by atoms with Gasteiger partial charge in [-0.25, -0.2) is 8.78 Å². The Morgan fingerprint density at radius 2 is 2.23 bits per heavy atom. The fraction of sp³-hybridized carbons (Fsp3) is 0.462. The summed E-state index contributed by atoms with van der Waals surface area (Å²) in [4.78, 5) is 11.9. The van der Waals surface area contributed by atoms with Gasteiger partial charge in [0.2, 0.25) is 5.91 Å². The summed E-state index contributed by atoms with van der Waals surface area (Å²) in [5.74, 6) is -0.340. The third kappa shape index (κ3) is 3.62. The van der Waals surface area contributed by atoms with E-state index in [1.807, 2.05) is 13.1 Å². The zero-order chi connectivity index (χ0) is 16.3. The minimum absolute atomic E-state index is 0.105. The predicted molar refractivity (Wildman–Crippen MR) is 76.7 cm³/mol. The highest BCUT2D eigenvalue weighted by molar-refractivity contribution is 6.31. The number of aryl methyl sites for hydroxylation is 1. The zero-order valence-corrected chi connectivity index (χ0v) is 12.9. The SMILES string of the molecule is CCn1cc(CNC(=O)Cn2nc(C(F)F)c(Cl)c2C)cn1. The Hall–Kier alpha value is -1.96. The molecule has 22 heavy (non-hydrogen) atoms. The van der Waals surface area contributed by atoms with Gasteiger partial charge in [-0.2, -0.15) is 10.2 Å². The molecule has 2 heterocycles. The van der Waals surface area contributed by atoms with Crippen LogP contribution < -0.4 is 5.32 Å². The predicted octanol–water partition coefficient (Wildman–Crippen LogP) is 2.32. The van der Waals surface area contributed by atoms with Gasteiger partial charge in [0, 0.05) is 24.8 Å².